The second kappa shape index (κ2) is 9.72. The highest BCUT2D eigenvalue weighted by atomic mass is 16.5. The number of amides is 2. The smallest absolute Gasteiger partial charge is 0.412 e. The maximum Gasteiger partial charge on any atom is 0.412 e. The van der Waals surface area contributed by atoms with E-state index >= 15 is 0 Å². The predicted octanol–water partition coefficient (Wildman–Crippen LogP) is 3.76. The number of hydrogen-bond donors (Lipinski definition) is 1. The zero-order valence-electron chi connectivity index (χ0n) is 19.7. The summed E-state index contributed by atoms with van der Waals surface area (Å²) in [5, 5.41) is 15.3. The van der Waals surface area contributed by atoms with Crippen LogP contribution in [0.3, 0.4) is 0 Å². The molecule has 2 heterocycles. The molecule has 1 aliphatic rings. The fraction of sp³-hybridized carbons (Fsp3) is 0.400. The second-order valence-corrected chi connectivity index (χ2v) is 9.26. The van der Waals surface area contributed by atoms with E-state index in [1.165, 1.54) is 4.90 Å². The standard InChI is InChI=1S/C25H30N4O5/c1-25(2,3)29(24(31)32)21-13-19-15-28(16-23(30)27-9-11-33-12-10-27)26-20(19)14-22(21)34-17-18-7-5-4-6-8-18/h4-8,13-15H,9-12,16-17H2,1-3H3,(H,31,32). The van der Waals surface area contributed by atoms with Crippen molar-refractivity contribution in [3.63, 3.8) is 0 Å². The van der Waals surface area contributed by atoms with E-state index in [1.807, 2.05) is 51.1 Å². The molecule has 0 atom stereocenters. The molecule has 1 aliphatic heterocycles. The summed E-state index contributed by atoms with van der Waals surface area (Å²) in [6.45, 7) is 8.09. The van der Waals surface area contributed by atoms with E-state index in [9.17, 15) is 14.7 Å². The summed E-state index contributed by atoms with van der Waals surface area (Å²) >= 11 is 0. The fourth-order valence-electron chi connectivity index (χ4n) is 4.00. The highest BCUT2D eigenvalue weighted by Crippen LogP contribution is 2.37. The van der Waals surface area contributed by atoms with Crippen molar-refractivity contribution in [2.45, 2.75) is 39.5 Å². The zero-order chi connectivity index (χ0) is 24.3. The molecule has 0 aliphatic carbocycles. The lowest BCUT2D eigenvalue weighted by atomic mass is 10.0. The van der Waals surface area contributed by atoms with Crippen LogP contribution in [0, 0.1) is 0 Å². The molecule has 0 unspecified atom stereocenters. The average molecular weight is 467 g/mol. The van der Waals surface area contributed by atoms with Gasteiger partial charge in [0.2, 0.25) is 5.91 Å². The summed E-state index contributed by atoms with van der Waals surface area (Å²) in [5.74, 6) is 0.386. The zero-order valence-corrected chi connectivity index (χ0v) is 19.7. The molecule has 1 fully saturated rings. The first-order valence-corrected chi connectivity index (χ1v) is 11.3. The Kier molecular flexibility index (Phi) is 6.74. The molecule has 9 nitrogen and oxygen atoms in total. The average Bonchev–Trinajstić information content (AvgIpc) is 3.18. The molecule has 0 spiro atoms. The largest absolute Gasteiger partial charge is 0.487 e. The molecule has 3 aromatic rings. The van der Waals surface area contributed by atoms with Crippen LogP contribution in [0.2, 0.25) is 0 Å². The summed E-state index contributed by atoms with van der Waals surface area (Å²) in [6, 6.07) is 13.2. The number of rotatable bonds is 6. The minimum atomic E-state index is -1.08. The molecule has 1 aromatic heterocycles. The molecule has 9 heteroatoms. The van der Waals surface area contributed by atoms with Crippen LogP contribution in [-0.2, 0) is 22.7 Å². The highest BCUT2D eigenvalue weighted by molar-refractivity contribution is 5.95. The Hall–Kier alpha value is -3.59. The molecule has 0 saturated carbocycles. The highest BCUT2D eigenvalue weighted by Gasteiger charge is 2.31. The Labute approximate surface area is 198 Å². The van der Waals surface area contributed by atoms with Crippen molar-refractivity contribution in [2.75, 3.05) is 31.2 Å². The first kappa shape index (κ1) is 23.6. The number of benzene rings is 2. The first-order valence-electron chi connectivity index (χ1n) is 11.3. The van der Waals surface area contributed by atoms with Gasteiger partial charge in [-0.25, -0.2) is 4.79 Å². The number of ether oxygens (including phenoxy) is 2. The molecule has 1 N–H and O–H groups in total. The molecule has 34 heavy (non-hydrogen) atoms. The van der Waals surface area contributed by atoms with Crippen molar-refractivity contribution in [3.8, 4) is 5.75 Å². The van der Waals surface area contributed by atoms with Gasteiger partial charge in [0.1, 0.15) is 18.9 Å². The molecule has 2 aromatic carbocycles. The lowest BCUT2D eigenvalue weighted by Crippen LogP contribution is -2.45. The maximum atomic E-state index is 12.7. The Morgan fingerprint density at radius 2 is 1.85 bits per heavy atom. The quantitative estimate of drug-likeness (QED) is 0.594. The predicted molar refractivity (Wildman–Crippen MR) is 128 cm³/mol. The van der Waals surface area contributed by atoms with Crippen LogP contribution in [0.25, 0.3) is 10.9 Å². The van der Waals surface area contributed by atoms with Gasteiger partial charge in [0.25, 0.3) is 0 Å². The minimum Gasteiger partial charge on any atom is -0.487 e. The van der Waals surface area contributed by atoms with Crippen LogP contribution in [0.15, 0.2) is 48.7 Å². The van der Waals surface area contributed by atoms with Crippen LogP contribution >= 0.6 is 0 Å². The maximum absolute atomic E-state index is 12.7. The molecular weight excluding hydrogens is 436 g/mol. The van der Waals surface area contributed by atoms with Gasteiger partial charge in [0.15, 0.2) is 0 Å². The van der Waals surface area contributed by atoms with Crippen LogP contribution in [0.1, 0.15) is 26.3 Å². The van der Waals surface area contributed by atoms with E-state index in [2.05, 4.69) is 5.10 Å². The summed E-state index contributed by atoms with van der Waals surface area (Å²) < 4.78 is 13.0. The topological polar surface area (TPSA) is 97.1 Å². The number of morpholine rings is 1. The normalized spacial score (nSPS) is 14.3. The van der Waals surface area contributed by atoms with Crippen LogP contribution < -0.4 is 9.64 Å². The van der Waals surface area contributed by atoms with E-state index in [4.69, 9.17) is 9.47 Å². The van der Waals surface area contributed by atoms with Crippen molar-refractivity contribution in [3.05, 3.63) is 54.2 Å². The molecule has 0 bridgehead atoms. The van der Waals surface area contributed by atoms with Gasteiger partial charge in [-0.1, -0.05) is 30.3 Å². The summed E-state index contributed by atoms with van der Waals surface area (Å²) in [7, 11) is 0. The molecule has 1 saturated heterocycles. The number of nitrogens with zero attached hydrogens (tertiary/aromatic N) is 4. The van der Waals surface area contributed by atoms with Crippen LogP contribution in [0.4, 0.5) is 10.5 Å². The lowest BCUT2D eigenvalue weighted by Gasteiger charge is -2.34. The van der Waals surface area contributed by atoms with Gasteiger partial charge < -0.3 is 19.5 Å². The Bertz CT molecular complexity index is 1160. The monoisotopic (exact) mass is 466 g/mol. The van der Waals surface area contributed by atoms with Gasteiger partial charge >= 0.3 is 6.09 Å². The van der Waals surface area contributed by atoms with Gasteiger partial charge in [-0.3, -0.25) is 14.4 Å². The van der Waals surface area contributed by atoms with Gasteiger partial charge in [-0.2, -0.15) is 5.10 Å². The van der Waals surface area contributed by atoms with Gasteiger partial charge in [-0.05, 0) is 32.4 Å². The van der Waals surface area contributed by atoms with Crippen LogP contribution in [0.5, 0.6) is 5.75 Å². The fourth-order valence-corrected chi connectivity index (χ4v) is 4.00. The number of aromatic nitrogens is 2. The van der Waals surface area contributed by atoms with Crippen molar-refractivity contribution in [1.82, 2.24) is 14.7 Å². The molecule has 0 radical (unpaired) electrons. The third-order valence-corrected chi connectivity index (χ3v) is 5.63. The summed E-state index contributed by atoms with van der Waals surface area (Å²) in [6.07, 6.45) is 0.687. The van der Waals surface area contributed by atoms with Gasteiger partial charge in [-0.15, -0.1) is 0 Å². The number of hydrogen-bond acceptors (Lipinski definition) is 5. The van der Waals surface area contributed by atoms with Crippen molar-refractivity contribution < 1.29 is 24.2 Å². The molecular formula is C25H30N4O5. The lowest BCUT2D eigenvalue weighted by molar-refractivity contribution is -0.136. The number of carboxylic acid groups (broad SMARTS) is 1. The van der Waals surface area contributed by atoms with E-state index in [0.29, 0.717) is 43.3 Å². The Balaban J connectivity index is 1.68. The third kappa shape index (κ3) is 5.31. The minimum absolute atomic E-state index is 0.0289. The van der Waals surface area contributed by atoms with E-state index in [-0.39, 0.29) is 19.1 Å². The van der Waals surface area contributed by atoms with E-state index < -0.39 is 11.6 Å². The number of carbonyl (C=O) groups excluding carboxylic acids is 1. The van der Waals surface area contributed by atoms with Crippen molar-refractivity contribution in [2.24, 2.45) is 0 Å². The number of carbonyl (C=O) groups is 2. The summed E-state index contributed by atoms with van der Waals surface area (Å²) in [5.41, 5.74) is 1.32. The third-order valence-electron chi connectivity index (χ3n) is 5.63. The molecule has 4 rings (SSSR count). The number of fused-ring (bicyclic) bond motifs is 1. The molecule has 2 amide bonds. The van der Waals surface area contributed by atoms with Gasteiger partial charge in [0, 0.05) is 36.3 Å². The second-order valence-electron chi connectivity index (χ2n) is 9.26. The SMILES string of the molecule is CC(C)(C)N(C(=O)O)c1cc2cn(CC(=O)N3CCOCC3)nc2cc1OCc1ccccc1. The summed E-state index contributed by atoms with van der Waals surface area (Å²) in [4.78, 5) is 27.9. The van der Waals surface area contributed by atoms with Crippen molar-refractivity contribution >= 4 is 28.6 Å². The first-order chi connectivity index (χ1) is 16.2. The molecule has 180 valence electrons. The van der Waals surface area contributed by atoms with Crippen LogP contribution in [-0.4, -0.2) is 63.6 Å². The van der Waals surface area contributed by atoms with Gasteiger partial charge in [0.05, 0.1) is 24.4 Å². The Morgan fingerprint density at radius 3 is 2.50 bits per heavy atom. The van der Waals surface area contributed by atoms with E-state index in [0.717, 1.165) is 10.9 Å². The Morgan fingerprint density at radius 1 is 1.15 bits per heavy atom. The van der Waals surface area contributed by atoms with Crippen molar-refractivity contribution in [1.29, 1.82) is 0 Å². The van der Waals surface area contributed by atoms with E-state index in [1.54, 1.807) is 27.9 Å². The number of anilines is 1.